The topological polar surface area (TPSA) is 80.5 Å². The normalized spacial score (nSPS) is 17.9. The zero-order valence-corrected chi connectivity index (χ0v) is 15.5. The van der Waals surface area contributed by atoms with E-state index in [1.165, 1.54) is 5.56 Å². The Kier molecular flexibility index (Phi) is 5.25. The average Bonchev–Trinajstić information content (AvgIpc) is 3.24. The summed E-state index contributed by atoms with van der Waals surface area (Å²) in [5, 5.41) is 3.35. The minimum Gasteiger partial charge on any atom is -0.381 e. The van der Waals surface area contributed by atoms with Crippen molar-refractivity contribution in [2.24, 2.45) is 5.73 Å². The van der Waals surface area contributed by atoms with Crippen LogP contribution in [0.15, 0.2) is 36.5 Å². The van der Waals surface area contributed by atoms with E-state index < -0.39 is 5.91 Å². The van der Waals surface area contributed by atoms with Gasteiger partial charge in [0.2, 0.25) is 0 Å². The highest BCUT2D eigenvalue weighted by Gasteiger charge is 2.20. The molecule has 0 atom stereocenters. The first-order valence-corrected chi connectivity index (χ1v) is 9.70. The molecule has 2 aliphatic heterocycles. The standard InChI is InChI=1S/C21H26N4O2/c22-21(26)18-14-23-20(13-19(18)25-9-1-2-10-25)24-17-5-3-15(4-6-17)16-7-11-27-12-8-16/h3-6,13-14,16H,1-2,7-12H2,(H2,22,26)(H,23,24). The van der Waals surface area contributed by atoms with Gasteiger partial charge in [-0.15, -0.1) is 0 Å². The van der Waals surface area contributed by atoms with Crippen molar-refractivity contribution in [1.82, 2.24) is 4.98 Å². The maximum atomic E-state index is 11.8. The van der Waals surface area contributed by atoms with Crippen molar-refractivity contribution >= 4 is 23.1 Å². The Bertz CT molecular complexity index is 794. The van der Waals surface area contributed by atoms with E-state index in [9.17, 15) is 4.79 Å². The Labute approximate surface area is 159 Å². The predicted octanol–water partition coefficient (Wildman–Crippen LogP) is 3.42. The minimum absolute atomic E-state index is 0.434. The minimum atomic E-state index is -0.434. The molecule has 6 heteroatoms. The molecule has 6 nitrogen and oxygen atoms in total. The van der Waals surface area contributed by atoms with Crippen molar-refractivity contribution in [2.75, 3.05) is 36.5 Å². The lowest BCUT2D eigenvalue weighted by Gasteiger charge is -2.23. The molecule has 3 heterocycles. The predicted molar refractivity (Wildman–Crippen MR) is 107 cm³/mol. The zero-order valence-electron chi connectivity index (χ0n) is 15.5. The maximum absolute atomic E-state index is 11.8. The van der Waals surface area contributed by atoms with E-state index in [-0.39, 0.29) is 0 Å². The van der Waals surface area contributed by atoms with Crippen LogP contribution in [0.2, 0.25) is 0 Å². The first-order chi connectivity index (χ1) is 13.2. The fourth-order valence-corrected chi connectivity index (χ4v) is 3.94. The van der Waals surface area contributed by atoms with Crippen molar-refractivity contribution in [2.45, 2.75) is 31.6 Å². The van der Waals surface area contributed by atoms with E-state index in [4.69, 9.17) is 10.5 Å². The summed E-state index contributed by atoms with van der Waals surface area (Å²) in [6, 6.07) is 10.5. The van der Waals surface area contributed by atoms with Gasteiger partial charge in [-0.05, 0) is 49.3 Å². The van der Waals surface area contributed by atoms with Crippen molar-refractivity contribution in [3.63, 3.8) is 0 Å². The number of pyridine rings is 1. The number of ether oxygens (including phenoxy) is 1. The molecule has 2 saturated heterocycles. The van der Waals surface area contributed by atoms with Gasteiger partial charge in [-0.3, -0.25) is 4.79 Å². The van der Waals surface area contributed by atoms with Crippen molar-refractivity contribution in [3.8, 4) is 0 Å². The van der Waals surface area contributed by atoms with Crippen LogP contribution in [0.3, 0.4) is 0 Å². The second kappa shape index (κ2) is 7.96. The van der Waals surface area contributed by atoms with Gasteiger partial charge in [0.1, 0.15) is 5.82 Å². The third kappa shape index (κ3) is 4.06. The Morgan fingerprint density at radius 3 is 2.52 bits per heavy atom. The summed E-state index contributed by atoms with van der Waals surface area (Å²) in [5.74, 6) is 0.875. The van der Waals surface area contributed by atoms with Crippen LogP contribution < -0.4 is 16.0 Å². The summed E-state index contributed by atoms with van der Waals surface area (Å²) in [4.78, 5) is 18.4. The molecular weight excluding hydrogens is 340 g/mol. The highest BCUT2D eigenvalue weighted by atomic mass is 16.5. The molecule has 142 valence electrons. The average molecular weight is 366 g/mol. The quantitative estimate of drug-likeness (QED) is 0.847. The summed E-state index contributed by atoms with van der Waals surface area (Å²) in [6.07, 6.45) is 6.02. The number of carbonyl (C=O) groups is 1. The summed E-state index contributed by atoms with van der Waals surface area (Å²) in [7, 11) is 0. The largest absolute Gasteiger partial charge is 0.381 e. The molecule has 3 N–H and O–H groups in total. The van der Waals surface area contributed by atoms with Gasteiger partial charge in [0.15, 0.2) is 0 Å². The second-order valence-corrected chi connectivity index (χ2v) is 7.28. The van der Waals surface area contributed by atoms with Gasteiger partial charge in [-0.25, -0.2) is 4.98 Å². The third-order valence-electron chi connectivity index (χ3n) is 5.47. The number of nitrogens with two attached hydrogens (primary N) is 1. The summed E-state index contributed by atoms with van der Waals surface area (Å²) in [6.45, 7) is 3.59. The molecule has 0 aliphatic carbocycles. The first-order valence-electron chi connectivity index (χ1n) is 9.70. The molecule has 2 aromatic rings. The van der Waals surface area contributed by atoms with E-state index in [0.29, 0.717) is 11.5 Å². The number of benzene rings is 1. The molecule has 0 bridgehead atoms. The van der Waals surface area contributed by atoms with Gasteiger partial charge in [-0.2, -0.15) is 0 Å². The van der Waals surface area contributed by atoms with Crippen LogP contribution >= 0.6 is 0 Å². The number of aromatic nitrogens is 1. The van der Waals surface area contributed by atoms with Gasteiger partial charge in [0, 0.05) is 44.3 Å². The molecule has 1 aromatic carbocycles. The highest BCUT2D eigenvalue weighted by Crippen LogP contribution is 2.30. The fraction of sp³-hybridized carbons (Fsp3) is 0.429. The Morgan fingerprint density at radius 1 is 1.15 bits per heavy atom. The summed E-state index contributed by atoms with van der Waals surface area (Å²) in [5.41, 5.74) is 9.24. The Hall–Kier alpha value is -2.60. The lowest BCUT2D eigenvalue weighted by atomic mass is 9.92. The van der Waals surface area contributed by atoms with Crippen LogP contribution in [0.1, 0.15) is 47.5 Å². The van der Waals surface area contributed by atoms with E-state index in [1.807, 2.05) is 6.07 Å². The number of nitrogens with one attached hydrogen (secondary N) is 1. The molecular formula is C21H26N4O2. The number of amides is 1. The van der Waals surface area contributed by atoms with Gasteiger partial charge < -0.3 is 20.7 Å². The third-order valence-corrected chi connectivity index (χ3v) is 5.47. The number of hydrogen-bond acceptors (Lipinski definition) is 5. The van der Waals surface area contributed by atoms with E-state index in [2.05, 4.69) is 39.5 Å². The lowest BCUT2D eigenvalue weighted by Crippen LogP contribution is -2.23. The fourth-order valence-electron chi connectivity index (χ4n) is 3.94. The highest BCUT2D eigenvalue weighted by molar-refractivity contribution is 5.99. The molecule has 1 amide bonds. The molecule has 27 heavy (non-hydrogen) atoms. The molecule has 0 spiro atoms. The SMILES string of the molecule is NC(=O)c1cnc(Nc2ccc(C3CCOCC3)cc2)cc1N1CCCC1. The monoisotopic (exact) mass is 366 g/mol. The van der Waals surface area contributed by atoms with Crippen LogP contribution in [0.5, 0.6) is 0 Å². The molecule has 4 rings (SSSR count). The van der Waals surface area contributed by atoms with Crippen LogP contribution in [0.25, 0.3) is 0 Å². The Morgan fingerprint density at radius 2 is 1.85 bits per heavy atom. The number of hydrogen-bond donors (Lipinski definition) is 2. The van der Waals surface area contributed by atoms with E-state index in [1.54, 1.807) is 6.20 Å². The second-order valence-electron chi connectivity index (χ2n) is 7.28. The van der Waals surface area contributed by atoms with Crippen LogP contribution in [0, 0.1) is 0 Å². The van der Waals surface area contributed by atoms with Gasteiger partial charge in [0.25, 0.3) is 5.91 Å². The van der Waals surface area contributed by atoms with Crippen molar-refractivity contribution in [3.05, 3.63) is 47.7 Å². The molecule has 1 aromatic heterocycles. The molecule has 0 saturated carbocycles. The van der Waals surface area contributed by atoms with Crippen LogP contribution in [0.4, 0.5) is 17.2 Å². The molecule has 0 unspecified atom stereocenters. The molecule has 2 fully saturated rings. The van der Waals surface area contributed by atoms with Gasteiger partial charge in [-0.1, -0.05) is 12.1 Å². The van der Waals surface area contributed by atoms with Crippen LogP contribution in [-0.4, -0.2) is 37.2 Å². The number of rotatable bonds is 5. The summed E-state index contributed by atoms with van der Waals surface area (Å²) < 4.78 is 5.45. The Balaban J connectivity index is 1.51. The van der Waals surface area contributed by atoms with Crippen LogP contribution in [-0.2, 0) is 4.74 Å². The molecule has 0 radical (unpaired) electrons. The molecule has 2 aliphatic rings. The number of anilines is 3. The van der Waals surface area contributed by atoms with Gasteiger partial charge >= 0.3 is 0 Å². The van der Waals surface area contributed by atoms with Crippen molar-refractivity contribution in [1.29, 1.82) is 0 Å². The van der Waals surface area contributed by atoms with Gasteiger partial charge in [0.05, 0.1) is 11.3 Å². The van der Waals surface area contributed by atoms with Crippen molar-refractivity contribution < 1.29 is 9.53 Å². The zero-order chi connectivity index (χ0) is 18.6. The smallest absolute Gasteiger partial charge is 0.252 e. The first kappa shape index (κ1) is 17.8. The van der Waals surface area contributed by atoms with E-state index >= 15 is 0 Å². The maximum Gasteiger partial charge on any atom is 0.252 e. The summed E-state index contributed by atoms with van der Waals surface area (Å²) >= 11 is 0. The number of primary amides is 1. The number of carbonyl (C=O) groups excluding carboxylic acids is 1. The van der Waals surface area contributed by atoms with E-state index in [0.717, 1.165) is 69.2 Å². The number of nitrogens with zero attached hydrogens (tertiary/aromatic N) is 2. The lowest BCUT2D eigenvalue weighted by molar-refractivity contribution is 0.0853.